The molecule has 1 aliphatic heterocycles. The van der Waals surface area contributed by atoms with Crippen LogP contribution in [-0.4, -0.2) is 78.8 Å². The molecular weight excluding hydrogens is 504 g/mol. The van der Waals surface area contributed by atoms with Crippen LogP contribution < -0.4 is 0 Å². The smallest absolute Gasteiger partial charge is 0.465 e. The van der Waals surface area contributed by atoms with Gasteiger partial charge in [0.15, 0.2) is 15.1 Å². The minimum absolute atomic E-state index is 0.122. The van der Waals surface area contributed by atoms with Gasteiger partial charge < -0.3 is 32.8 Å². The second-order valence-corrected chi connectivity index (χ2v) is 14.6. The van der Waals surface area contributed by atoms with Crippen molar-refractivity contribution in [3.63, 3.8) is 0 Å². The van der Waals surface area contributed by atoms with Crippen molar-refractivity contribution in [2.45, 2.75) is 78.1 Å². The minimum Gasteiger partial charge on any atom is -0.465 e. The monoisotopic (exact) mass is 548 g/mol. The Kier molecular flexibility index (Phi) is 15.4. The van der Waals surface area contributed by atoms with E-state index in [4.69, 9.17) is 32.8 Å². The maximum absolute atomic E-state index is 12.8. The first kappa shape index (κ1) is 32.8. The Morgan fingerprint density at radius 1 is 0.973 bits per heavy atom. The van der Waals surface area contributed by atoms with E-state index in [1.165, 1.54) is 7.11 Å². The predicted octanol–water partition coefficient (Wildman–Crippen LogP) is 3.84. The fraction of sp³-hybridized carbons (Fsp3) is 0.840. The standard InChI is InChI=1S/C25H44O11Si/c1-7-19(23(27)31-12-11-21-16-33-25(29)36-21)9-8-10-20(24(28)34-17-35-37(4,5)6)15-18(2)22(26)32-14-13-30-3/h18-21H,7-17H2,1-6H3. The normalized spacial score (nSPS) is 17.8. The van der Waals surface area contributed by atoms with Crippen molar-refractivity contribution in [2.24, 2.45) is 17.8 Å². The van der Waals surface area contributed by atoms with Gasteiger partial charge in [0.25, 0.3) is 0 Å². The number of hydrogen-bond acceptors (Lipinski definition) is 11. The minimum atomic E-state index is -1.85. The molecule has 1 saturated heterocycles. The first-order valence-electron chi connectivity index (χ1n) is 12.9. The van der Waals surface area contributed by atoms with Crippen molar-refractivity contribution in [3.8, 4) is 0 Å². The largest absolute Gasteiger partial charge is 0.508 e. The van der Waals surface area contributed by atoms with E-state index in [-0.39, 0.29) is 44.9 Å². The van der Waals surface area contributed by atoms with Gasteiger partial charge in [-0.3, -0.25) is 14.4 Å². The van der Waals surface area contributed by atoms with Gasteiger partial charge in [0.2, 0.25) is 0 Å². The molecule has 0 aromatic heterocycles. The average molecular weight is 549 g/mol. The molecule has 4 atom stereocenters. The molecule has 4 unspecified atom stereocenters. The lowest BCUT2D eigenvalue weighted by atomic mass is 9.89. The average Bonchev–Trinajstić information content (AvgIpc) is 3.24. The lowest BCUT2D eigenvalue weighted by molar-refractivity contribution is -0.158. The zero-order valence-electron chi connectivity index (χ0n) is 23.1. The summed E-state index contributed by atoms with van der Waals surface area (Å²) >= 11 is 0. The highest BCUT2D eigenvalue weighted by molar-refractivity contribution is 6.69. The van der Waals surface area contributed by atoms with Crippen LogP contribution in [0.25, 0.3) is 0 Å². The van der Waals surface area contributed by atoms with E-state index in [1.54, 1.807) is 6.92 Å². The molecule has 1 fully saturated rings. The fourth-order valence-corrected chi connectivity index (χ4v) is 4.03. The maximum Gasteiger partial charge on any atom is 0.508 e. The second kappa shape index (κ2) is 17.3. The van der Waals surface area contributed by atoms with Gasteiger partial charge in [-0.15, -0.1) is 0 Å². The Morgan fingerprint density at radius 2 is 1.62 bits per heavy atom. The number of carbonyl (C=O) groups is 4. The summed E-state index contributed by atoms with van der Waals surface area (Å²) in [6.07, 6.45) is 1.66. The molecule has 12 heteroatoms. The van der Waals surface area contributed by atoms with Crippen LogP contribution in [0.15, 0.2) is 0 Å². The molecule has 1 heterocycles. The number of hydrogen-bond donors (Lipinski definition) is 0. The molecule has 214 valence electrons. The van der Waals surface area contributed by atoms with Crippen molar-refractivity contribution >= 4 is 32.4 Å². The van der Waals surface area contributed by atoms with Crippen molar-refractivity contribution in [2.75, 3.05) is 40.3 Å². The molecule has 0 aromatic carbocycles. The van der Waals surface area contributed by atoms with E-state index in [0.29, 0.717) is 38.7 Å². The predicted molar refractivity (Wildman–Crippen MR) is 135 cm³/mol. The van der Waals surface area contributed by atoms with Crippen LogP contribution in [0.1, 0.15) is 52.4 Å². The Morgan fingerprint density at radius 3 is 2.22 bits per heavy atom. The van der Waals surface area contributed by atoms with Crippen molar-refractivity contribution < 1.29 is 52.0 Å². The Balaban J connectivity index is 2.58. The summed E-state index contributed by atoms with van der Waals surface area (Å²) < 4.78 is 36.1. The van der Waals surface area contributed by atoms with Crippen LogP contribution in [0, 0.1) is 17.8 Å². The van der Waals surface area contributed by atoms with Gasteiger partial charge in [-0.1, -0.05) is 20.3 Å². The number of ether oxygens (including phenoxy) is 6. The summed E-state index contributed by atoms with van der Waals surface area (Å²) in [6.45, 7) is 10.2. The summed E-state index contributed by atoms with van der Waals surface area (Å²) in [6, 6.07) is 0. The SMILES string of the molecule is CCC(CCCC(CC(C)C(=O)OCCOC)C(=O)OCO[Si](C)(C)C)C(=O)OCCC1COC(=O)O1. The molecule has 37 heavy (non-hydrogen) atoms. The molecule has 0 radical (unpaired) electrons. The van der Waals surface area contributed by atoms with E-state index in [2.05, 4.69) is 0 Å². The van der Waals surface area contributed by atoms with Crippen LogP contribution in [-0.2, 0) is 47.2 Å². The second-order valence-electron chi connectivity index (χ2n) is 10.1. The van der Waals surface area contributed by atoms with E-state index < -0.39 is 44.4 Å². The number of rotatable bonds is 19. The van der Waals surface area contributed by atoms with E-state index >= 15 is 0 Å². The van der Waals surface area contributed by atoms with Crippen LogP contribution in [0.2, 0.25) is 19.6 Å². The fourth-order valence-electron chi connectivity index (χ4n) is 3.62. The van der Waals surface area contributed by atoms with Gasteiger partial charge in [0, 0.05) is 13.5 Å². The van der Waals surface area contributed by atoms with Crippen LogP contribution in [0.4, 0.5) is 4.79 Å². The highest BCUT2D eigenvalue weighted by Crippen LogP contribution is 2.24. The van der Waals surface area contributed by atoms with Crippen LogP contribution in [0.5, 0.6) is 0 Å². The molecule has 0 N–H and O–H groups in total. The highest BCUT2D eigenvalue weighted by atomic mass is 28.4. The summed E-state index contributed by atoms with van der Waals surface area (Å²) in [7, 11) is -0.334. The summed E-state index contributed by atoms with van der Waals surface area (Å²) in [4.78, 5) is 48.6. The third-order valence-corrected chi connectivity index (χ3v) is 6.85. The molecule has 0 aromatic rings. The van der Waals surface area contributed by atoms with Crippen molar-refractivity contribution in [1.29, 1.82) is 0 Å². The van der Waals surface area contributed by atoms with Gasteiger partial charge in [0.05, 0.1) is 31.0 Å². The number of cyclic esters (lactones) is 2. The third kappa shape index (κ3) is 14.4. The third-order valence-electron chi connectivity index (χ3n) is 5.86. The zero-order valence-corrected chi connectivity index (χ0v) is 24.1. The highest BCUT2D eigenvalue weighted by Gasteiger charge is 2.29. The molecular formula is C25H44O11Si. The van der Waals surface area contributed by atoms with Gasteiger partial charge in [-0.2, -0.15) is 0 Å². The first-order valence-corrected chi connectivity index (χ1v) is 16.3. The molecule has 1 aliphatic rings. The number of methoxy groups -OCH3 is 1. The topological polar surface area (TPSA) is 133 Å². The Bertz CT molecular complexity index is 722. The molecule has 0 aliphatic carbocycles. The van der Waals surface area contributed by atoms with Crippen molar-refractivity contribution in [3.05, 3.63) is 0 Å². The zero-order chi connectivity index (χ0) is 27.8. The van der Waals surface area contributed by atoms with Crippen molar-refractivity contribution in [1.82, 2.24) is 0 Å². The first-order chi connectivity index (χ1) is 17.5. The van der Waals surface area contributed by atoms with Gasteiger partial charge >= 0.3 is 24.1 Å². The Hall–Kier alpha value is -2.18. The van der Waals surface area contributed by atoms with Crippen LogP contribution >= 0.6 is 0 Å². The lowest BCUT2D eigenvalue weighted by Crippen LogP contribution is -2.30. The van der Waals surface area contributed by atoms with Gasteiger partial charge in [-0.05, 0) is 45.3 Å². The van der Waals surface area contributed by atoms with Gasteiger partial charge in [-0.25, -0.2) is 4.79 Å². The molecule has 0 spiro atoms. The van der Waals surface area contributed by atoms with E-state index in [0.717, 1.165) is 0 Å². The van der Waals surface area contributed by atoms with Gasteiger partial charge in [0.1, 0.15) is 19.3 Å². The lowest BCUT2D eigenvalue weighted by Gasteiger charge is -2.22. The maximum atomic E-state index is 12.8. The molecule has 1 rings (SSSR count). The number of esters is 3. The number of carbonyl (C=O) groups excluding carboxylic acids is 4. The molecule has 0 amide bonds. The Labute approximate surface area is 220 Å². The molecule has 0 saturated carbocycles. The van der Waals surface area contributed by atoms with Crippen LogP contribution in [0.3, 0.4) is 0 Å². The summed E-state index contributed by atoms with van der Waals surface area (Å²) in [5, 5.41) is 0. The summed E-state index contributed by atoms with van der Waals surface area (Å²) in [5.74, 6) is -2.54. The quantitative estimate of drug-likeness (QED) is 0.0766. The molecule has 0 bridgehead atoms. The van der Waals surface area contributed by atoms with E-state index in [1.807, 2.05) is 26.6 Å². The van der Waals surface area contributed by atoms with E-state index in [9.17, 15) is 19.2 Å². The molecule has 11 nitrogen and oxygen atoms in total. The summed E-state index contributed by atoms with van der Waals surface area (Å²) in [5.41, 5.74) is 0.